The second-order valence-corrected chi connectivity index (χ2v) is 23.1. The van der Waals surface area contributed by atoms with E-state index in [1.807, 2.05) is 31.2 Å². The van der Waals surface area contributed by atoms with E-state index in [0.717, 1.165) is 5.56 Å². The van der Waals surface area contributed by atoms with Gasteiger partial charge in [-0.05, 0) is 67.7 Å². The first-order valence-corrected chi connectivity index (χ1v) is 22.1. The van der Waals surface area contributed by atoms with E-state index in [2.05, 4.69) is 49.8 Å². The number of ketones is 1. The van der Waals surface area contributed by atoms with Crippen LogP contribution in [-0.2, 0) is 34.8 Å². The Labute approximate surface area is 322 Å². The van der Waals surface area contributed by atoms with E-state index < -0.39 is 72.6 Å². The number of aliphatic hydroxyl groups is 2. The summed E-state index contributed by atoms with van der Waals surface area (Å²) in [6, 6.07) is 16.0. The van der Waals surface area contributed by atoms with Crippen molar-refractivity contribution < 1.29 is 47.9 Å². The van der Waals surface area contributed by atoms with Crippen molar-refractivity contribution in [2.45, 2.75) is 115 Å². The average molecular weight is 816 g/mol. The lowest BCUT2D eigenvalue weighted by Gasteiger charge is -2.64. The molecule has 12 heteroatoms. The number of methoxy groups -OCH3 is 2. The van der Waals surface area contributed by atoms with Gasteiger partial charge in [-0.3, -0.25) is 4.79 Å². The number of rotatable bonds is 9. The van der Waals surface area contributed by atoms with E-state index >= 15 is 4.79 Å². The Balaban J connectivity index is 1.61. The van der Waals surface area contributed by atoms with Crippen LogP contribution in [0.25, 0.3) is 0 Å². The van der Waals surface area contributed by atoms with Crippen molar-refractivity contribution in [1.29, 1.82) is 0 Å². The number of esters is 1. The quantitative estimate of drug-likeness (QED) is 0.156. The Bertz CT molecular complexity index is 1730. The zero-order valence-corrected chi connectivity index (χ0v) is 35.1. The third kappa shape index (κ3) is 6.34. The maximum absolute atomic E-state index is 16.0. The molecule has 2 saturated carbocycles. The molecule has 1 heterocycles. The van der Waals surface area contributed by atoms with E-state index in [-0.39, 0.29) is 35.4 Å². The summed E-state index contributed by atoms with van der Waals surface area (Å²) >= 11 is 3.73. The number of epoxide rings is 1. The number of halogens is 1. The van der Waals surface area contributed by atoms with Gasteiger partial charge in [0, 0.05) is 21.7 Å². The van der Waals surface area contributed by atoms with Gasteiger partial charge in [0.15, 0.2) is 14.1 Å². The summed E-state index contributed by atoms with van der Waals surface area (Å²) in [5, 5.41) is 25.8. The Hall–Kier alpha value is -2.58. The Morgan fingerprint density at radius 3 is 2.19 bits per heavy atom. The Kier molecular flexibility index (Phi) is 10.5. The molecule has 3 aliphatic carbocycles. The molecule has 2 aromatic rings. The highest BCUT2D eigenvalue weighted by molar-refractivity contribution is 9.11. The molecule has 1 spiro atoms. The van der Waals surface area contributed by atoms with Crippen molar-refractivity contribution >= 4 is 36.0 Å². The molecule has 10 nitrogen and oxygen atoms in total. The molecule has 290 valence electrons. The minimum absolute atomic E-state index is 0.0303. The van der Waals surface area contributed by atoms with Crippen LogP contribution in [0.4, 0.5) is 0 Å². The van der Waals surface area contributed by atoms with Crippen molar-refractivity contribution in [2.75, 3.05) is 20.8 Å². The lowest BCUT2D eigenvalue weighted by Crippen LogP contribution is -2.77. The first-order valence-electron chi connectivity index (χ1n) is 18.4. The fraction of sp³-hybridized carbons (Fsp3) is 0.610. The van der Waals surface area contributed by atoms with Gasteiger partial charge in [0.2, 0.25) is 0 Å². The molecule has 6 rings (SSSR count). The number of benzene rings is 2. The molecule has 2 N–H and O–H groups in total. The van der Waals surface area contributed by atoms with Crippen molar-refractivity contribution in [3.05, 3.63) is 76.0 Å². The molecule has 2 bridgehead atoms. The fourth-order valence-corrected chi connectivity index (χ4v) is 11.6. The van der Waals surface area contributed by atoms with Crippen LogP contribution in [0.5, 0.6) is 5.75 Å². The van der Waals surface area contributed by atoms with Crippen LogP contribution >= 0.6 is 15.9 Å². The molecule has 9 atom stereocenters. The summed E-state index contributed by atoms with van der Waals surface area (Å²) in [5.74, 6) is -2.06. The van der Waals surface area contributed by atoms with E-state index in [1.54, 1.807) is 51.3 Å². The third-order valence-electron chi connectivity index (χ3n) is 13.3. The van der Waals surface area contributed by atoms with Crippen LogP contribution in [0, 0.1) is 22.7 Å². The van der Waals surface area contributed by atoms with Gasteiger partial charge in [-0.15, -0.1) is 0 Å². The van der Waals surface area contributed by atoms with E-state index in [1.165, 1.54) is 7.11 Å². The first-order chi connectivity index (χ1) is 24.7. The normalized spacial score (nSPS) is 35.2. The highest BCUT2D eigenvalue weighted by Gasteiger charge is 2.78. The van der Waals surface area contributed by atoms with Gasteiger partial charge < -0.3 is 38.3 Å². The molecule has 1 aliphatic heterocycles. The van der Waals surface area contributed by atoms with E-state index in [0.29, 0.717) is 23.1 Å². The summed E-state index contributed by atoms with van der Waals surface area (Å²) in [6.07, 6.45) is -3.91. The van der Waals surface area contributed by atoms with Crippen LogP contribution in [0.15, 0.2) is 64.8 Å². The standard InChI is InChI=1S/C41H55BrO10Si/c1-37(2,3)53(9,10)52-27-20-21-40(23-50-40)32-35(51-36(45)25-14-12-11-13-15-25)41(46)34(44)31(48-8)29(42)28(38(41,4)5)30(33(43)39(27,32)6)49-22-24-16-18-26(47-7)19-17-24/h11-19,27-28,30,32,34-35,44,46H,20-23H2,1-10H3/t27-,28?,30+,32-,34+,35-,39+,40+,41+/m0/s1. The minimum Gasteiger partial charge on any atom is -0.497 e. The Morgan fingerprint density at radius 1 is 1.02 bits per heavy atom. The van der Waals surface area contributed by atoms with Crippen molar-refractivity contribution in [3.8, 4) is 5.75 Å². The predicted octanol–water partition coefficient (Wildman–Crippen LogP) is 6.97. The van der Waals surface area contributed by atoms with E-state index in [4.69, 9.17) is 28.1 Å². The topological polar surface area (TPSA) is 133 Å². The number of aliphatic hydroxyl groups excluding tert-OH is 1. The van der Waals surface area contributed by atoms with Gasteiger partial charge in [0.05, 0.1) is 50.1 Å². The van der Waals surface area contributed by atoms with Crippen LogP contribution in [0.3, 0.4) is 0 Å². The summed E-state index contributed by atoms with van der Waals surface area (Å²) in [4.78, 5) is 30.2. The lowest BCUT2D eigenvalue weighted by atomic mass is 9.45. The number of hydrogen-bond acceptors (Lipinski definition) is 10. The summed E-state index contributed by atoms with van der Waals surface area (Å²) in [5.41, 5.74) is -4.85. The molecular formula is C41H55BrO10Si. The van der Waals surface area contributed by atoms with Crippen molar-refractivity contribution in [2.24, 2.45) is 22.7 Å². The molecule has 3 fully saturated rings. The summed E-state index contributed by atoms with van der Waals surface area (Å²) < 4.78 is 38.5. The molecule has 4 aliphatic rings. The molecule has 0 radical (unpaired) electrons. The van der Waals surface area contributed by atoms with Crippen LogP contribution in [0.1, 0.15) is 70.3 Å². The highest BCUT2D eigenvalue weighted by Crippen LogP contribution is 2.67. The highest BCUT2D eigenvalue weighted by atomic mass is 79.9. The number of fused-ring (bicyclic) bond motifs is 4. The third-order valence-corrected chi connectivity index (χ3v) is 18.7. The van der Waals surface area contributed by atoms with Gasteiger partial charge in [-0.1, -0.05) is 80.9 Å². The van der Waals surface area contributed by atoms with E-state index in [9.17, 15) is 15.0 Å². The van der Waals surface area contributed by atoms with Gasteiger partial charge in [0.25, 0.3) is 0 Å². The zero-order chi connectivity index (χ0) is 38.9. The Morgan fingerprint density at radius 2 is 1.64 bits per heavy atom. The number of Topliss-reactive ketones (excluding diaryl/α,β-unsaturated/α-hetero) is 1. The van der Waals surface area contributed by atoms with Gasteiger partial charge in [0.1, 0.15) is 35.4 Å². The second-order valence-electron chi connectivity index (χ2n) is 17.5. The number of carbonyl (C=O) groups is 2. The molecular weight excluding hydrogens is 760 g/mol. The van der Waals surface area contributed by atoms with Gasteiger partial charge >= 0.3 is 5.97 Å². The van der Waals surface area contributed by atoms with Crippen LogP contribution in [0.2, 0.25) is 18.1 Å². The maximum atomic E-state index is 16.0. The maximum Gasteiger partial charge on any atom is 0.338 e. The largest absolute Gasteiger partial charge is 0.497 e. The molecule has 53 heavy (non-hydrogen) atoms. The average Bonchev–Trinajstić information content (AvgIpc) is 3.88. The van der Waals surface area contributed by atoms with Crippen LogP contribution < -0.4 is 4.74 Å². The number of hydrogen-bond donors (Lipinski definition) is 2. The predicted molar refractivity (Wildman–Crippen MR) is 205 cm³/mol. The zero-order valence-electron chi connectivity index (χ0n) is 32.5. The number of carbonyl (C=O) groups excluding carboxylic acids is 2. The van der Waals surface area contributed by atoms with Crippen molar-refractivity contribution in [1.82, 2.24) is 0 Å². The van der Waals surface area contributed by atoms with Gasteiger partial charge in [-0.25, -0.2) is 4.79 Å². The summed E-state index contributed by atoms with van der Waals surface area (Å²) in [6.45, 7) is 16.6. The summed E-state index contributed by atoms with van der Waals surface area (Å²) in [7, 11) is 0.469. The SMILES string of the molecule is COC1=C(Br)C2[C@@H](OCc3ccc(OC)cc3)C(=O)[C@]3(C)[C@@H](O[Si](C)(C)C(C)(C)C)CC[C@@]4(CO4)[C@H]3[C@H](OC(=O)c3ccccc3)[C@](O)([C@@H]1O)C2(C)C. The molecule has 1 unspecified atom stereocenters. The monoisotopic (exact) mass is 814 g/mol. The smallest absolute Gasteiger partial charge is 0.338 e. The lowest BCUT2D eigenvalue weighted by molar-refractivity contribution is -0.274. The second kappa shape index (κ2) is 13.9. The van der Waals surface area contributed by atoms with Crippen molar-refractivity contribution in [3.63, 3.8) is 0 Å². The molecule has 0 aromatic heterocycles. The minimum atomic E-state index is -2.53. The molecule has 1 saturated heterocycles. The molecule has 2 aromatic carbocycles. The van der Waals surface area contributed by atoms with Gasteiger partial charge in [-0.2, -0.15) is 0 Å². The number of ether oxygens (including phenoxy) is 5. The molecule has 0 amide bonds. The van der Waals surface area contributed by atoms with Crippen LogP contribution in [-0.4, -0.2) is 86.7 Å². The first kappa shape index (κ1) is 40.1. The fourth-order valence-electron chi connectivity index (χ4n) is 8.96.